The maximum absolute atomic E-state index is 12.3. The van der Waals surface area contributed by atoms with E-state index in [0.29, 0.717) is 6.04 Å². The Bertz CT molecular complexity index is 511. The highest BCUT2D eigenvalue weighted by atomic mass is 16.5. The Hall–Kier alpha value is -1.81. The number of methoxy groups -OCH3 is 1. The van der Waals surface area contributed by atoms with Crippen molar-refractivity contribution < 1.29 is 9.53 Å². The van der Waals surface area contributed by atoms with Crippen molar-refractivity contribution >= 4 is 11.5 Å². The molecule has 2 rings (SSSR count). The van der Waals surface area contributed by atoms with E-state index in [4.69, 9.17) is 4.74 Å². The predicted octanol–water partition coefficient (Wildman–Crippen LogP) is 1.92. The number of hydrogen-bond donors (Lipinski definition) is 1. The van der Waals surface area contributed by atoms with Gasteiger partial charge >= 0.3 is 0 Å². The quantitative estimate of drug-likeness (QED) is 0.856. The van der Waals surface area contributed by atoms with E-state index in [-0.39, 0.29) is 5.91 Å². The summed E-state index contributed by atoms with van der Waals surface area (Å²) in [6.07, 6.45) is 1.72. The highest BCUT2D eigenvalue weighted by Gasteiger charge is 2.19. The summed E-state index contributed by atoms with van der Waals surface area (Å²) >= 11 is 0. The first-order valence-corrected chi connectivity index (χ1v) is 6.95. The van der Waals surface area contributed by atoms with Gasteiger partial charge in [-0.2, -0.15) is 0 Å². The first kappa shape index (κ1) is 14.6. The maximum atomic E-state index is 12.3. The number of benzene rings is 1. The lowest BCUT2D eigenvalue weighted by molar-refractivity contribution is -0.127. The van der Waals surface area contributed by atoms with E-state index >= 15 is 0 Å². The number of carbonyl (C=O) groups is 1. The molecule has 1 heterocycles. The lowest BCUT2D eigenvalue weighted by Crippen LogP contribution is -2.50. The van der Waals surface area contributed by atoms with Crippen LogP contribution in [0.1, 0.15) is 19.4 Å². The molecule has 0 aromatic heterocycles. The number of ether oxygens (including phenoxy) is 1. The van der Waals surface area contributed by atoms with Crippen LogP contribution in [0.15, 0.2) is 30.3 Å². The molecule has 0 aliphatic carbocycles. The van der Waals surface area contributed by atoms with Crippen LogP contribution >= 0.6 is 0 Å². The number of amides is 1. The first-order chi connectivity index (χ1) is 9.60. The molecule has 0 bridgehead atoms. The van der Waals surface area contributed by atoms with Crippen LogP contribution in [0.4, 0.5) is 0 Å². The van der Waals surface area contributed by atoms with Gasteiger partial charge in [0.05, 0.1) is 7.11 Å². The molecule has 0 radical (unpaired) electrons. The second kappa shape index (κ2) is 6.57. The van der Waals surface area contributed by atoms with Crippen LogP contribution in [0.2, 0.25) is 0 Å². The fourth-order valence-electron chi connectivity index (χ4n) is 2.36. The molecule has 1 N–H and O–H groups in total. The number of piperazine rings is 1. The second-order valence-corrected chi connectivity index (χ2v) is 5.20. The Kier molecular flexibility index (Phi) is 4.79. The standard InChI is InChI=1S/C16H22N2O2/c1-12(14-5-4-6-15(10-14)20-3)9-16(19)18-8-7-17-13(2)11-18/h4-6,9-10,13,17H,7-8,11H2,1-3H3/b12-9+. The van der Waals surface area contributed by atoms with Crippen molar-refractivity contribution in [1.82, 2.24) is 10.2 Å². The zero-order valence-electron chi connectivity index (χ0n) is 12.3. The Morgan fingerprint density at radius 2 is 2.30 bits per heavy atom. The molecule has 0 saturated carbocycles. The van der Waals surface area contributed by atoms with Crippen molar-refractivity contribution in [2.75, 3.05) is 26.7 Å². The summed E-state index contributed by atoms with van der Waals surface area (Å²) in [5.41, 5.74) is 1.97. The van der Waals surface area contributed by atoms with Crippen LogP contribution in [0, 0.1) is 0 Å². The molecule has 108 valence electrons. The van der Waals surface area contributed by atoms with Crippen molar-refractivity contribution in [3.63, 3.8) is 0 Å². The Balaban J connectivity index is 2.10. The zero-order chi connectivity index (χ0) is 14.5. The number of nitrogens with one attached hydrogen (secondary N) is 1. The fraction of sp³-hybridized carbons (Fsp3) is 0.438. The Morgan fingerprint density at radius 3 is 3.00 bits per heavy atom. The third-order valence-corrected chi connectivity index (χ3v) is 3.55. The van der Waals surface area contributed by atoms with Crippen molar-refractivity contribution in [2.45, 2.75) is 19.9 Å². The van der Waals surface area contributed by atoms with E-state index in [1.54, 1.807) is 13.2 Å². The normalized spacial score (nSPS) is 19.9. The average Bonchev–Trinajstić information content (AvgIpc) is 2.47. The van der Waals surface area contributed by atoms with Crippen LogP contribution in [-0.2, 0) is 4.79 Å². The average molecular weight is 274 g/mol. The van der Waals surface area contributed by atoms with Crippen LogP contribution in [-0.4, -0.2) is 43.6 Å². The van der Waals surface area contributed by atoms with Gasteiger partial charge in [-0.3, -0.25) is 4.79 Å². The lowest BCUT2D eigenvalue weighted by Gasteiger charge is -2.31. The van der Waals surface area contributed by atoms with Gasteiger partial charge in [0.1, 0.15) is 5.75 Å². The zero-order valence-corrected chi connectivity index (χ0v) is 12.3. The molecule has 1 saturated heterocycles. The minimum atomic E-state index is 0.0821. The second-order valence-electron chi connectivity index (χ2n) is 5.20. The van der Waals surface area contributed by atoms with Crippen molar-refractivity contribution in [2.24, 2.45) is 0 Å². The monoisotopic (exact) mass is 274 g/mol. The van der Waals surface area contributed by atoms with E-state index in [1.165, 1.54) is 0 Å². The molecule has 1 aromatic carbocycles. The molecule has 4 nitrogen and oxygen atoms in total. The SMILES string of the molecule is COc1cccc(/C(C)=C/C(=O)N2CCNC(C)C2)c1. The Morgan fingerprint density at radius 1 is 1.50 bits per heavy atom. The van der Waals surface area contributed by atoms with E-state index in [0.717, 1.165) is 36.5 Å². The van der Waals surface area contributed by atoms with E-state index in [9.17, 15) is 4.79 Å². The van der Waals surface area contributed by atoms with Gasteiger partial charge in [-0.25, -0.2) is 0 Å². The summed E-state index contributed by atoms with van der Waals surface area (Å²) < 4.78 is 5.21. The van der Waals surface area contributed by atoms with Crippen molar-refractivity contribution in [3.05, 3.63) is 35.9 Å². The smallest absolute Gasteiger partial charge is 0.246 e. The van der Waals surface area contributed by atoms with Gasteiger partial charge in [-0.1, -0.05) is 12.1 Å². The van der Waals surface area contributed by atoms with Gasteiger partial charge in [-0.15, -0.1) is 0 Å². The third kappa shape index (κ3) is 3.61. The number of hydrogen-bond acceptors (Lipinski definition) is 3. The highest BCUT2D eigenvalue weighted by molar-refractivity contribution is 5.95. The van der Waals surface area contributed by atoms with E-state index in [1.807, 2.05) is 36.1 Å². The maximum Gasteiger partial charge on any atom is 0.246 e. The number of rotatable bonds is 3. The molecule has 0 spiro atoms. The molecule has 1 fully saturated rings. The lowest BCUT2D eigenvalue weighted by atomic mass is 10.1. The number of nitrogens with zero attached hydrogens (tertiary/aromatic N) is 1. The third-order valence-electron chi connectivity index (χ3n) is 3.55. The molecule has 4 heteroatoms. The van der Waals surface area contributed by atoms with Gasteiger partial charge in [-0.05, 0) is 37.1 Å². The predicted molar refractivity (Wildman–Crippen MR) is 80.7 cm³/mol. The molecule has 1 aliphatic heterocycles. The molecular formula is C16H22N2O2. The fourth-order valence-corrected chi connectivity index (χ4v) is 2.36. The summed E-state index contributed by atoms with van der Waals surface area (Å²) in [5.74, 6) is 0.886. The largest absolute Gasteiger partial charge is 0.497 e. The van der Waals surface area contributed by atoms with Gasteiger partial charge in [0.25, 0.3) is 0 Å². The molecule has 1 amide bonds. The molecular weight excluding hydrogens is 252 g/mol. The van der Waals surface area contributed by atoms with Gasteiger partial charge in [0.2, 0.25) is 5.91 Å². The van der Waals surface area contributed by atoms with Gasteiger partial charge in [0.15, 0.2) is 0 Å². The summed E-state index contributed by atoms with van der Waals surface area (Å²) in [7, 11) is 1.64. The number of carbonyl (C=O) groups excluding carboxylic acids is 1. The molecule has 20 heavy (non-hydrogen) atoms. The topological polar surface area (TPSA) is 41.6 Å². The van der Waals surface area contributed by atoms with Crippen LogP contribution in [0.5, 0.6) is 5.75 Å². The summed E-state index contributed by atoms with van der Waals surface area (Å²) in [6, 6.07) is 8.12. The molecule has 1 aliphatic rings. The first-order valence-electron chi connectivity index (χ1n) is 6.95. The van der Waals surface area contributed by atoms with Crippen molar-refractivity contribution in [3.8, 4) is 5.75 Å². The summed E-state index contributed by atoms with van der Waals surface area (Å²) in [6.45, 7) is 6.45. The minimum Gasteiger partial charge on any atom is -0.497 e. The molecule has 1 atom stereocenters. The Labute approximate surface area is 120 Å². The number of allylic oxidation sites excluding steroid dienone is 1. The van der Waals surface area contributed by atoms with Crippen molar-refractivity contribution in [1.29, 1.82) is 0 Å². The summed E-state index contributed by atoms with van der Waals surface area (Å²) in [5, 5.41) is 3.34. The minimum absolute atomic E-state index is 0.0821. The van der Waals surface area contributed by atoms with Gasteiger partial charge in [0, 0.05) is 31.8 Å². The van der Waals surface area contributed by atoms with Crippen LogP contribution in [0.25, 0.3) is 5.57 Å². The summed E-state index contributed by atoms with van der Waals surface area (Å²) in [4.78, 5) is 14.2. The van der Waals surface area contributed by atoms with Gasteiger partial charge < -0.3 is 15.0 Å². The van der Waals surface area contributed by atoms with E-state index in [2.05, 4.69) is 12.2 Å². The highest BCUT2D eigenvalue weighted by Crippen LogP contribution is 2.20. The van der Waals surface area contributed by atoms with E-state index < -0.39 is 0 Å². The van der Waals surface area contributed by atoms with Crippen LogP contribution in [0.3, 0.4) is 0 Å². The molecule has 1 aromatic rings. The molecule has 1 unspecified atom stereocenters. The van der Waals surface area contributed by atoms with Crippen LogP contribution < -0.4 is 10.1 Å².